The van der Waals surface area contributed by atoms with Gasteiger partial charge in [0.1, 0.15) is 6.10 Å². The number of methoxy groups -OCH3 is 1. The molecule has 1 saturated heterocycles. The first kappa shape index (κ1) is 28.6. The van der Waals surface area contributed by atoms with Gasteiger partial charge in [0.25, 0.3) is 5.91 Å². The first-order valence-electron chi connectivity index (χ1n) is 12.7. The molecule has 2 fully saturated rings. The molecule has 1 aromatic carbocycles. The number of rotatable bonds is 12. The molecule has 2 heterocycles. The van der Waals surface area contributed by atoms with Crippen LogP contribution in [0, 0.1) is 0 Å². The number of carbonyl (C=O) groups is 1. The first-order chi connectivity index (χ1) is 18.4. The lowest BCUT2D eigenvalue weighted by Gasteiger charge is -2.23. The number of carbonyl (C=O) groups excluding carboxylic acids is 1. The van der Waals surface area contributed by atoms with Crippen LogP contribution >= 0.6 is 11.3 Å². The zero-order chi connectivity index (χ0) is 27.0. The van der Waals surface area contributed by atoms with Crippen molar-refractivity contribution in [3.63, 3.8) is 0 Å². The molecule has 1 amide bonds. The van der Waals surface area contributed by atoms with E-state index in [1.165, 1.54) is 23.5 Å². The normalized spacial score (nSPS) is 20.9. The van der Waals surface area contributed by atoms with Gasteiger partial charge >= 0.3 is 0 Å². The van der Waals surface area contributed by atoms with Crippen LogP contribution in [-0.4, -0.2) is 70.2 Å². The van der Waals surface area contributed by atoms with Crippen molar-refractivity contribution in [3.05, 3.63) is 40.9 Å². The molecule has 11 nitrogen and oxygen atoms in total. The smallest absolute Gasteiger partial charge is 0.280 e. The SMILES string of the molecule is CCO[C@@H]1CC[C@@H](ON=C(C(=O)Nc2ncc(COC)s2)c2ccc(S(=O)(=O)NC3CCOCC3)cc2)C1. The van der Waals surface area contributed by atoms with E-state index in [1.54, 1.807) is 25.4 Å². The lowest BCUT2D eigenvalue weighted by Crippen LogP contribution is -2.38. The average molecular weight is 567 g/mol. The van der Waals surface area contributed by atoms with Crippen molar-refractivity contribution in [2.24, 2.45) is 5.16 Å². The molecule has 2 atom stereocenters. The summed E-state index contributed by atoms with van der Waals surface area (Å²) in [6.07, 6.45) is 5.14. The van der Waals surface area contributed by atoms with Crippen LogP contribution in [0.3, 0.4) is 0 Å². The summed E-state index contributed by atoms with van der Waals surface area (Å²) in [7, 11) is -2.14. The van der Waals surface area contributed by atoms with E-state index >= 15 is 0 Å². The second kappa shape index (κ2) is 13.6. The van der Waals surface area contributed by atoms with Crippen LogP contribution in [0.25, 0.3) is 0 Å². The highest BCUT2D eigenvalue weighted by atomic mass is 32.2. The van der Waals surface area contributed by atoms with Crippen molar-refractivity contribution in [2.75, 3.05) is 32.2 Å². The molecule has 0 radical (unpaired) electrons. The third kappa shape index (κ3) is 7.80. The van der Waals surface area contributed by atoms with Crippen LogP contribution in [0.15, 0.2) is 40.5 Å². The number of aromatic nitrogens is 1. The minimum atomic E-state index is -3.72. The molecule has 2 aliphatic rings. The second-order valence-corrected chi connectivity index (χ2v) is 11.9. The molecule has 2 aromatic rings. The lowest BCUT2D eigenvalue weighted by molar-refractivity contribution is -0.110. The number of nitrogens with one attached hydrogen (secondary N) is 2. The number of hydrogen-bond donors (Lipinski definition) is 2. The van der Waals surface area contributed by atoms with E-state index in [0.717, 1.165) is 17.7 Å². The third-order valence-electron chi connectivity index (χ3n) is 6.29. The fourth-order valence-corrected chi connectivity index (χ4v) is 6.45. The Kier molecular flexibility index (Phi) is 10.2. The molecule has 0 spiro atoms. The van der Waals surface area contributed by atoms with Crippen LogP contribution in [0.5, 0.6) is 0 Å². The monoisotopic (exact) mass is 566 g/mol. The van der Waals surface area contributed by atoms with E-state index in [4.69, 9.17) is 19.0 Å². The molecular formula is C25H34N4O7S2. The number of benzene rings is 1. The number of nitrogens with zero attached hydrogens (tertiary/aromatic N) is 2. The maximum Gasteiger partial charge on any atom is 0.280 e. The van der Waals surface area contributed by atoms with Crippen LogP contribution in [0.4, 0.5) is 5.13 Å². The van der Waals surface area contributed by atoms with Gasteiger partial charge in [-0.2, -0.15) is 0 Å². The van der Waals surface area contributed by atoms with Gasteiger partial charge in [0.15, 0.2) is 10.8 Å². The quantitative estimate of drug-likeness (QED) is 0.295. The molecule has 0 bridgehead atoms. The largest absolute Gasteiger partial charge is 0.392 e. The van der Waals surface area contributed by atoms with Gasteiger partial charge in [-0.1, -0.05) is 28.6 Å². The highest BCUT2D eigenvalue weighted by Gasteiger charge is 2.28. The number of hydrogen-bond acceptors (Lipinski definition) is 10. The Labute approximate surface area is 227 Å². The van der Waals surface area contributed by atoms with Crippen LogP contribution in [-0.2, 0) is 40.5 Å². The third-order valence-corrected chi connectivity index (χ3v) is 8.71. The Morgan fingerprint density at radius 3 is 2.61 bits per heavy atom. The molecule has 38 heavy (non-hydrogen) atoms. The number of oxime groups is 1. The highest BCUT2D eigenvalue weighted by Crippen LogP contribution is 2.25. The van der Waals surface area contributed by atoms with E-state index in [2.05, 4.69) is 20.2 Å². The maximum atomic E-state index is 13.2. The fraction of sp³-hybridized carbons (Fsp3) is 0.560. The van der Waals surface area contributed by atoms with Crippen molar-refractivity contribution in [2.45, 2.75) is 68.8 Å². The summed E-state index contributed by atoms with van der Waals surface area (Å²) < 4.78 is 44.6. The summed E-state index contributed by atoms with van der Waals surface area (Å²) in [6.45, 7) is 4.03. The van der Waals surface area contributed by atoms with E-state index < -0.39 is 15.9 Å². The molecule has 0 unspecified atom stereocenters. The lowest BCUT2D eigenvalue weighted by atomic mass is 10.1. The molecular weight excluding hydrogens is 532 g/mol. The van der Waals surface area contributed by atoms with Crippen molar-refractivity contribution < 1.29 is 32.3 Å². The fourth-order valence-electron chi connectivity index (χ4n) is 4.36. The number of anilines is 1. The number of sulfonamides is 1. The number of ether oxygens (including phenoxy) is 3. The molecule has 4 rings (SSSR count). The summed E-state index contributed by atoms with van der Waals surface area (Å²) in [5, 5.41) is 7.37. The van der Waals surface area contributed by atoms with Crippen molar-refractivity contribution in [1.82, 2.24) is 9.71 Å². The zero-order valence-electron chi connectivity index (χ0n) is 21.6. The van der Waals surface area contributed by atoms with Gasteiger partial charge < -0.3 is 19.0 Å². The number of amides is 1. The maximum absolute atomic E-state index is 13.2. The minimum absolute atomic E-state index is 0.0229. The van der Waals surface area contributed by atoms with E-state index in [1.807, 2.05) is 6.92 Å². The van der Waals surface area contributed by atoms with E-state index in [0.29, 0.717) is 56.4 Å². The van der Waals surface area contributed by atoms with E-state index in [9.17, 15) is 13.2 Å². The molecule has 1 aliphatic heterocycles. The summed E-state index contributed by atoms with van der Waals surface area (Å²) in [5.41, 5.74) is 0.440. The predicted octanol–water partition coefficient (Wildman–Crippen LogP) is 3.06. The van der Waals surface area contributed by atoms with Crippen LogP contribution < -0.4 is 10.0 Å². The summed E-state index contributed by atoms with van der Waals surface area (Å²) in [4.78, 5) is 24.2. The minimum Gasteiger partial charge on any atom is -0.392 e. The zero-order valence-corrected chi connectivity index (χ0v) is 23.2. The summed E-state index contributed by atoms with van der Waals surface area (Å²) in [6, 6.07) is 5.85. The predicted molar refractivity (Wildman–Crippen MR) is 143 cm³/mol. The van der Waals surface area contributed by atoms with Gasteiger partial charge in [-0.25, -0.2) is 18.1 Å². The molecule has 13 heteroatoms. The van der Waals surface area contributed by atoms with Gasteiger partial charge in [-0.3, -0.25) is 10.1 Å². The summed E-state index contributed by atoms with van der Waals surface area (Å²) in [5.74, 6) is -0.515. The van der Waals surface area contributed by atoms with Gasteiger partial charge in [0, 0.05) is 51.2 Å². The van der Waals surface area contributed by atoms with Gasteiger partial charge in [-0.15, -0.1) is 0 Å². The first-order valence-corrected chi connectivity index (χ1v) is 15.0. The second-order valence-electron chi connectivity index (χ2n) is 9.11. The Morgan fingerprint density at radius 1 is 1.16 bits per heavy atom. The van der Waals surface area contributed by atoms with Gasteiger partial charge in [-0.05, 0) is 44.7 Å². The van der Waals surface area contributed by atoms with Crippen molar-refractivity contribution >= 4 is 38.1 Å². The Balaban J connectivity index is 1.51. The molecule has 1 aliphatic carbocycles. The van der Waals surface area contributed by atoms with Gasteiger partial charge in [0.2, 0.25) is 10.0 Å². The Bertz CT molecular complexity index is 1190. The summed E-state index contributed by atoms with van der Waals surface area (Å²) >= 11 is 1.29. The average Bonchev–Trinajstić information content (AvgIpc) is 3.54. The molecule has 1 aromatic heterocycles. The topological polar surface area (TPSA) is 137 Å². The van der Waals surface area contributed by atoms with E-state index in [-0.39, 0.29) is 28.9 Å². The standard InChI is InChI=1S/C25H34N4O7S2/c1-3-35-19-6-7-20(14-19)36-28-23(24(30)27-25-26-15-21(37-25)16-33-2)17-4-8-22(9-5-17)38(31,32)29-18-10-12-34-13-11-18/h4-5,8-9,15,18-20,29H,3,6-7,10-14,16H2,1-2H3,(H,26,27,30)/t19-,20-/m1/s1. The molecule has 208 valence electrons. The van der Waals surface area contributed by atoms with Crippen molar-refractivity contribution in [3.8, 4) is 0 Å². The molecule has 1 saturated carbocycles. The number of thiazole rings is 1. The van der Waals surface area contributed by atoms with Gasteiger partial charge in [0.05, 0.1) is 22.5 Å². The van der Waals surface area contributed by atoms with Crippen molar-refractivity contribution in [1.29, 1.82) is 0 Å². The highest BCUT2D eigenvalue weighted by molar-refractivity contribution is 7.89. The van der Waals surface area contributed by atoms with Crippen LogP contribution in [0.2, 0.25) is 0 Å². The molecule has 2 N–H and O–H groups in total. The Hall–Kier alpha value is -2.42. The Morgan fingerprint density at radius 2 is 1.89 bits per heavy atom. The van der Waals surface area contributed by atoms with Crippen LogP contribution in [0.1, 0.15) is 49.5 Å².